The minimum absolute atomic E-state index is 0.0251. The smallest absolute Gasteiger partial charge is 0.277 e. The molecule has 1 amide bonds. The van der Waals surface area contributed by atoms with Crippen LogP contribution in [0.1, 0.15) is 17.6 Å². The normalized spacial score (nSPS) is 23.9. The molecule has 15 nitrogen and oxygen atoms in total. The Hall–Kier alpha value is -2.41. The lowest BCUT2D eigenvalue weighted by molar-refractivity contribution is -0.118. The molecule has 1 saturated heterocycles. The summed E-state index contributed by atoms with van der Waals surface area (Å²) in [6, 6.07) is 1.56. The first kappa shape index (κ1) is 27.2. The summed E-state index contributed by atoms with van der Waals surface area (Å²) < 4.78 is 16.5. The third-order valence-electron chi connectivity index (χ3n) is 5.03. The third-order valence-corrected chi connectivity index (χ3v) is 5.85. The molecule has 3 heterocycles. The number of amides is 1. The summed E-state index contributed by atoms with van der Waals surface area (Å²) in [7, 11) is 0. The van der Waals surface area contributed by atoms with Crippen molar-refractivity contribution < 1.29 is 54.1 Å². The van der Waals surface area contributed by atoms with E-state index in [-0.39, 0.29) is 29.2 Å². The van der Waals surface area contributed by atoms with Crippen molar-refractivity contribution in [2.75, 3.05) is 19.0 Å². The number of rotatable bonds is 11. The number of aromatic nitrogens is 2. The first-order valence-electron chi connectivity index (χ1n) is 10.3. The van der Waals surface area contributed by atoms with E-state index < -0.39 is 55.2 Å². The molecule has 8 N–H and O–H groups in total. The van der Waals surface area contributed by atoms with Crippen molar-refractivity contribution in [3.63, 3.8) is 0 Å². The van der Waals surface area contributed by atoms with Crippen LogP contribution in [0.15, 0.2) is 25.2 Å². The Labute approximate surface area is 202 Å². The predicted octanol–water partition coefficient (Wildman–Crippen LogP) is -2.94. The fraction of sp³-hybridized carbons (Fsp3) is 0.579. The van der Waals surface area contributed by atoms with Crippen molar-refractivity contribution in [1.29, 1.82) is 0 Å². The molecule has 0 radical (unpaired) electrons. The van der Waals surface area contributed by atoms with E-state index in [1.807, 2.05) is 0 Å². The molecule has 2 aromatic rings. The Kier molecular flexibility index (Phi) is 9.34. The molecule has 194 valence electrons. The molecule has 0 bridgehead atoms. The fourth-order valence-corrected chi connectivity index (χ4v) is 3.61. The van der Waals surface area contributed by atoms with E-state index in [2.05, 4.69) is 20.7 Å². The van der Waals surface area contributed by atoms with Crippen LogP contribution in [-0.2, 0) is 9.53 Å². The zero-order chi connectivity index (χ0) is 25.7. The zero-order valence-electron chi connectivity index (χ0n) is 18.3. The van der Waals surface area contributed by atoms with Crippen LogP contribution >= 0.6 is 11.8 Å². The molecule has 0 saturated carbocycles. The number of hydrogen-bond donors (Lipinski definition) is 8. The highest BCUT2D eigenvalue weighted by Crippen LogP contribution is 2.35. The number of aryl methyl sites for hydroxylation is 1. The van der Waals surface area contributed by atoms with Gasteiger partial charge in [0, 0.05) is 0 Å². The number of carbonyl (C=O) groups excluding carboxylic acids is 1. The minimum atomic E-state index is -1.84. The highest BCUT2D eigenvalue weighted by molar-refractivity contribution is 7.99. The number of hydrazone groups is 1. The molecule has 1 aliphatic heterocycles. The van der Waals surface area contributed by atoms with E-state index in [1.54, 1.807) is 13.0 Å². The summed E-state index contributed by atoms with van der Waals surface area (Å²) in [4.78, 5) is 11.9. The fourth-order valence-electron chi connectivity index (χ4n) is 3.06. The van der Waals surface area contributed by atoms with Gasteiger partial charge in [0.15, 0.2) is 0 Å². The molecule has 3 rings (SSSR count). The van der Waals surface area contributed by atoms with E-state index in [4.69, 9.17) is 18.7 Å². The molecule has 1 fully saturated rings. The summed E-state index contributed by atoms with van der Waals surface area (Å²) in [5.41, 5.74) is 2.54. The van der Waals surface area contributed by atoms with Crippen molar-refractivity contribution in [2.45, 2.75) is 54.9 Å². The lowest BCUT2D eigenvalue weighted by Gasteiger charge is -2.23. The van der Waals surface area contributed by atoms with Crippen molar-refractivity contribution in [3.05, 3.63) is 17.6 Å². The van der Waals surface area contributed by atoms with E-state index in [0.717, 1.165) is 18.0 Å². The maximum absolute atomic E-state index is 11.9. The largest absolute Gasteiger partial charge is 0.463 e. The summed E-state index contributed by atoms with van der Waals surface area (Å²) in [5.74, 6) is 0.00119. The van der Waals surface area contributed by atoms with Gasteiger partial charge in [0.1, 0.15) is 54.2 Å². The molecule has 7 atom stereocenters. The third kappa shape index (κ3) is 6.63. The monoisotopic (exact) mass is 518 g/mol. The van der Waals surface area contributed by atoms with Gasteiger partial charge in [-0.3, -0.25) is 4.79 Å². The van der Waals surface area contributed by atoms with Crippen molar-refractivity contribution in [1.82, 2.24) is 15.6 Å². The number of thioether (sulfide) groups is 1. The summed E-state index contributed by atoms with van der Waals surface area (Å²) in [6.45, 7) is 0.799. The second-order valence-corrected chi connectivity index (χ2v) is 8.55. The lowest BCUT2D eigenvalue weighted by Crippen LogP contribution is -2.46. The Morgan fingerprint density at radius 3 is 2.66 bits per heavy atom. The van der Waals surface area contributed by atoms with E-state index in [0.29, 0.717) is 11.3 Å². The number of ether oxygens (including phenoxy) is 1. The first-order valence-corrected chi connectivity index (χ1v) is 11.3. The highest BCUT2D eigenvalue weighted by Gasteiger charge is 2.38. The second kappa shape index (κ2) is 12.0. The number of hydrogen-bond acceptors (Lipinski definition) is 15. The standard InChI is InChI=1S/C19H26N4O11S/c1-7-8(2-12(33-7)17-16(31)11(27)5-32-17)18-22-23-19(34-18)35-6-13(28)21-20-3-9(25)14(29)15(30)10(26)4-24/h2-3,9-11,14-17,24-27,29-31H,4-6H2,1H3,(H,21,28)/b20-3+/t9-,10+,11+,14+,15-,16+,17-/m0/s1. The maximum Gasteiger partial charge on any atom is 0.277 e. The number of furan rings is 1. The van der Waals surface area contributed by atoms with Crippen LogP contribution in [0.3, 0.4) is 0 Å². The topological polar surface area (TPSA) is 244 Å². The van der Waals surface area contributed by atoms with Crippen molar-refractivity contribution in [2.24, 2.45) is 5.10 Å². The molecule has 16 heteroatoms. The Morgan fingerprint density at radius 1 is 1.26 bits per heavy atom. The maximum atomic E-state index is 11.9. The van der Waals surface area contributed by atoms with Crippen molar-refractivity contribution in [3.8, 4) is 11.5 Å². The van der Waals surface area contributed by atoms with Crippen LogP contribution in [0.5, 0.6) is 0 Å². The van der Waals surface area contributed by atoms with Gasteiger partial charge in [-0.25, -0.2) is 5.43 Å². The predicted molar refractivity (Wildman–Crippen MR) is 116 cm³/mol. The Bertz CT molecular complexity index is 1010. The second-order valence-electron chi connectivity index (χ2n) is 7.63. The molecule has 1 aliphatic rings. The van der Waals surface area contributed by atoms with Gasteiger partial charge in [0.25, 0.3) is 17.0 Å². The Balaban J connectivity index is 1.50. The number of carbonyl (C=O) groups is 1. The molecule has 2 aromatic heterocycles. The molecule has 0 spiro atoms. The van der Waals surface area contributed by atoms with Gasteiger partial charge in [-0.1, -0.05) is 11.8 Å². The van der Waals surface area contributed by atoms with Crippen LogP contribution in [0.25, 0.3) is 11.5 Å². The van der Waals surface area contributed by atoms with E-state index in [1.165, 1.54) is 0 Å². The molecule has 35 heavy (non-hydrogen) atoms. The van der Waals surface area contributed by atoms with Crippen LogP contribution in [0.2, 0.25) is 0 Å². The molecular formula is C19H26N4O11S. The van der Waals surface area contributed by atoms with Gasteiger partial charge < -0.3 is 49.3 Å². The minimum Gasteiger partial charge on any atom is -0.463 e. The van der Waals surface area contributed by atoms with Crippen LogP contribution < -0.4 is 5.43 Å². The Morgan fingerprint density at radius 2 is 2.00 bits per heavy atom. The quantitative estimate of drug-likeness (QED) is 0.0843. The number of nitrogens with zero attached hydrogens (tertiary/aromatic N) is 3. The average molecular weight is 519 g/mol. The van der Waals surface area contributed by atoms with Crippen LogP contribution in [-0.4, -0.2) is 114 Å². The van der Waals surface area contributed by atoms with Gasteiger partial charge in [-0.15, -0.1) is 10.2 Å². The van der Waals surface area contributed by atoms with Gasteiger partial charge in [-0.05, 0) is 13.0 Å². The lowest BCUT2D eigenvalue weighted by atomic mass is 10.0. The number of aliphatic hydroxyl groups excluding tert-OH is 7. The molecule has 0 aromatic carbocycles. The summed E-state index contributed by atoms with van der Waals surface area (Å²) in [5, 5.41) is 77.8. The van der Waals surface area contributed by atoms with Gasteiger partial charge in [-0.2, -0.15) is 5.10 Å². The number of nitrogens with one attached hydrogen (secondary N) is 1. The summed E-state index contributed by atoms with van der Waals surface area (Å²) >= 11 is 0.892. The molecule has 0 unspecified atom stereocenters. The van der Waals surface area contributed by atoms with Gasteiger partial charge >= 0.3 is 0 Å². The first-order chi connectivity index (χ1) is 16.6. The van der Waals surface area contributed by atoms with Crippen LogP contribution in [0, 0.1) is 6.92 Å². The number of aliphatic hydroxyl groups is 7. The zero-order valence-corrected chi connectivity index (χ0v) is 19.1. The van der Waals surface area contributed by atoms with Crippen LogP contribution in [0.4, 0.5) is 0 Å². The average Bonchev–Trinajstić information content (AvgIpc) is 3.55. The molecular weight excluding hydrogens is 492 g/mol. The van der Waals surface area contributed by atoms with E-state index >= 15 is 0 Å². The molecule has 0 aliphatic carbocycles. The van der Waals surface area contributed by atoms with E-state index in [9.17, 15) is 35.4 Å². The SMILES string of the molecule is Cc1oc([C@@H]2OC[C@@H](O)[C@H]2O)cc1-c1nnc(SCC(=O)N/N=C/[C@H](O)[C@@H](O)[C@@H](O)[C@H](O)CO)o1. The van der Waals surface area contributed by atoms with Gasteiger partial charge in [0.2, 0.25) is 0 Å². The summed E-state index contributed by atoms with van der Waals surface area (Å²) in [6.07, 6.45) is -9.29. The van der Waals surface area contributed by atoms with Crippen molar-refractivity contribution >= 4 is 23.9 Å². The van der Waals surface area contributed by atoms with Gasteiger partial charge in [0.05, 0.1) is 30.7 Å². The highest BCUT2D eigenvalue weighted by atomic mass is 32.2.